The molecule has 7 aromatic carbocycles. The molecule has 3 nitrogen and oxygen atoms in total. The third-order valence-electron chi connectivity index (χ3n) is 10.2. The van der Waals surface area contributed by atoms with Gasteiger partial charge in [0.2, 0.25) is 0 Å². The molecule has 4 heteroatoms. The Bertz CT molecular complexity index is 2920. The van der Waals surface area contributed by atoms with Crippen molar-refractivity contribution in [3.05, 3.63) is 174 Å². The molecule has 242 valence electrons. The zero-order chi connectivity index (χ0) is 33.9. The van der Waals surface area contributed by atoms with Gasteiger partial charge in [-0.15, -0.1) is 11.3 Å². The lowest BCUT2D eigenvalue weighted by Gasteiger charge is -2.18. The van der Waals surface area contributed by atoms with Crippen molar-refractivity contribution < 1.29 is 4.42 Å². The van der Waals surface area contributed by atoms with Gasteiger partial charge in [0.15, 0.2) is 5.84 Å². The molecule has 0 amide bonds. The molecule has 1 aliphatic heterocycles. The molecular formula is C47H32N2OS. The van der Waals surface area contributed by atoms with E-state index in [0.717, 1.165) is 85.1 Å². The van der Waals surface area contributed by atoms with Crippen molar-refractivity contribution in [3.63, 3.8) is 0 Å². The first-order valence-corrected chi connectivity index (χ1v) is 18.3. The molecule has 10 rings (SSSR count). The third-order valence-corrected chi connectivity index (χ3v) is 11.4. The molecule has 0 aliphatic carbocycles. The molecule has 0 fully saturated rings. The van der Waals surface area contributed by atoms with Gasteiger partial charge in [0.25, 0.3) is 0 Å². The summed E-state index contributed by atoms with van der Waals surface area (Å²) in [4.78, 5) is 11.1. The summed E-state index contributed by atoms with van der Waals surface area (Å²) < 4.78 is 8.86. The lowest BCUT2D eigenvalue weighted by molar-refractivity contribution is 0.669. The first kappa shape index (κ1) is 29.8. The van der Waals surface area contributed by atoms with Gasteiger partial charge in [-0.1, -0.05) is 127 Å². The average molecular weight is 673 g/mol. The van der Waals surface area contributed by atoms with E-state index in [1.54, 1.807) is 0 Å². The van der Waals surface area contributed by atoms with E-state index in [1.165, 1.54) is 31.3 Å². The van der Waals surface area contributed by atoms with E-state index in [0.29, 0.717) is 0 Å². The van der Waals surface area contributed by atoms with Crippen LogP contribution in [0.5, 0.6) is 0 Å². The van der Waals surface area contributed by atoms with Gasteiger partial charge in [-0.25, -0.2) is 9.98 Å². The molecule has 0 atom stereocenters. The first-order chi connectivity index (χ1) is 25.2. The summed E-state index contributed by atoms with van der Waals surface area (Å²) >= 11 is 1.85. The fourth-order valence-electron chi connectivity index (χ4n) is 7.75. The van der Waals surface area contributed by atoms with E-state index in [9.17, 15) is 0 Å². The number of hydrogen-bond donors (Lipinski definition) is 0. The lowest BCUT2D eigenvalue weighted by atomic mass is 9.91. The Morgan fingerprint density at radius 3 is 2.00 bits per heavy atom. The number of thiophene rings is 1. The summed E-state index contributed by atoms with van der Waals surface area (Å²) in [6.45, 7) is 2.24. The summed E-state index contributed by atoms with van der Waals surface area (Å²) in [7, 11) is 0. The minimum Gasteiger partial charge on any atom is -0.456 e. The van der Waals surface area contributed by atoms with Crippen molar-refractivity contribution in [2.75, 3.05) is 0 Å². The summed E-state index contributed by atoms with van der Waals surface area (Å²) in [6, 6.07) is 53.7. The minimum atomic E-state index is 0.732. The van der Waals surface area contributed by atoms with Gasteiger partial charge in [-0.2, -0.15) is 0 Å². The number of amidine groups is 1. The summed E-state index contributed by atoms with van der Waals surface area (Å²) in [5.41, 5.74) is 10.8. The maximum absolute atomic E-state index is 6.30. The molecule has 0 saturated carbocycles. The standard InChI is InChI=1S/C47H32N2OS/c1-29-25-28-40(30-13-3-2-4-14-30)48-47(49-45(29)39-21-11-20-36-34-17-8-10-24-43(34)51-46(36)39)37-27-26-33(31-15-5-6-16-32(31)37)35-19-12-23-42-44(35)38-18-7-9-22-41(38)50-42/h2-24,26-27H,25,28H2,1H3/b45-29-,48-40?,49-47?. The van der Waals surface area contributed by atoms with Gasteiger partial charge < -0.3 is 4.42 Å². The quantitative estimate of drug-likeness (QED) is 0.183. The Labute approximate surface area is 299 Å². The van der Waals surface area contributed by atoms with Gasteiger partial charge >= 0.3 is 0 Å². The van der Waals surface area contributed by atoms with Crippen LogP contribution in [0.2, 0.25) is 0 Å². The number of aliphatic imine (C=N–C) groups is 2. The minimum absolute atomic E-state index is 0.732. The Hall–Kier alpha value is -6.10. The Morgan fingerprint density at radius 2 is 1.14 bits per heavy atom. The zero-order valence-electron chi connectivity index (χ0n) is 28.1. The molecule has 51 heavy (non-hydrogen) atoms. The van der Waals surface area contributed by atoms with E-state index < -0.39 is 0 Å². The molecule has 0 bridgehead atoms. The van der Waals surface area contributed by atoms with Gasteiger partial charge in [-0.3, -0.25) is 0 Å². The topological polar surface area (TPSA) is 37.9 Å². The number of furan rings is 1. The average Bonchev–Trinajstić information content (AvgIpc) is 3.76. The van der Waals surface area contributed by atoms with E-state index in [1.807, 2.05) is 23.5 Å². The zero-order valence-corrected chi connectivity index (χ0v) is 28.9. The van der Waals surface area contributed by atoms with Crippen molar-refractivity contribution >= 4 is 81.5 Å². The predicted octanol–water partition coefficient (Wildman–Crippen LogP) is 13.2. The number of fused-ring (bicyclic) bond motifs is 7. The Balaban J connectivity index is 1.22. The first-order valence-electron chi connectivity index (χ1n) is 17.5. The molecule has 2 aromatic heterocycles. The number of rotatable bonds is 4. The maximum Gasteiger partial charge on any atom is 0.160 e. The molecule has 0 radical (unpaired) electrons. The van der Waals surface area contributed by atoms with Crippen LogP contribution in [0.4, 0.5) is 0 Å². The second-order valence-electron chi connectivity index (χ2n) is 13.3. The number of allylic oxidation sites excluding steroid dienone is 1. The van der Waals surface area contributed by atoms with Gasteiger partial charge in [0.05, 0.1) is 11.4 Å². The molecule has 1 aliphatic rings. The second kappa shape index (κ2) is 12.0. The van der Waals surface area contributed by atoms with E-state index in [4.69, 9.17) is 14.4 Å². The van der Waals surface area contributed by atoms with Gasteiger partial charge in [0, 0.05) is 42.1 Å². The fraction of sp³-hybridized carbons (Fsp3) is 0.0638. The number of para-hydroxylation sites is 1. The van der Waals surface area contributed by atoms with Crippen LogP contribution < -0.4 is 0 Å². The van der Waals surface area contributed by atoms with Crippen molar-refractivity contribution in [2.45, 2.75) is 19.8 Å². The highest BCUT2D eigenvalue weighted by molar-refractivity contribution is 7.26. The molecule has 0 N–H and O–H groups in total. The lowest BCUT2D eigenvalue weighted by Crippen LogP contribution is -2.11. The van der Waals surface area contributed by atoms with Crippen molar-refractivity contribution in [3.8, 4) is 11.1 Å². The number of benzene rings is 7. The normalized spacial score (nSPS) is 15.4. The van der Waals surface area contributed by atoms with Gasteiger partial charge in [-0.05, 0) is 77.1 Å². The fourth-order valence-corrected chi connectivity index (χ4v) is 8.96. The molecule has 0 spiro atoms. The SMILES string of the molecule is C/C1=C(\c2cccc3c2sc2ccccc23)N=C(c2ccc(-c3cccc4oc5ccccc5c34)c3ccccc23)N=C(c2ccccc2)CC1. The number of nitrogens with zero attached hydrogens (tertiary/aromatic N) is 2. The molecule has 0 saturated heterocycles. The molecule has 3 heterocycles. The summed E-state index contributed by atoms with van der Waals surface area (Å²) in [6.07, 6.45) is 1.70. The monoisotopic (exact) mass is 672 g/mol. The van der Waals surface area contributed by atoms with Crippen LogP contribution >= 0.6 is 11.3 Å². The van der Waals surface area contributed by atoms with E-state index in [-0.39, 0.29) is 0 Å². The summed E-state index contributed by atoms with van der Waals surface area (Å²) in [5.74, 6) is 0.732. The van der Waals surface area contributed by atoms with Crippen LogP contribution in [-0.2, 0) is 0 Å². The predicted molar refractivity (Wildman–Crippen MR) is 217 cm³/mol. The smallest absolute Gasteiger partial charge is 0.160 e. The van der Waals surface area contributed by atoms with E-state index in [2.05, 4.69) is 146 Å². The van der Waals surface area contributed by atoms with Crippen LogP contribution in [-0.4, -0.2) is 11.5 Å². The molecular weight excluding hydrogens is 641 g/mol. The highest BCUT2D eigenvalue weighted by atomic mass is 32.1. The van der Waals surface area contributed by atoms with Crippen molar-refractivity contribution in [1.82, 2.24) is 0 Å². The number of hydrogen-bond acceptors (Lipinski definition) is 4. The van der Waals surface area contributed by atoms with Gasteiger partial charge in [0.1, 0.15) is 11.2 Å². The van der Waals surface area contributed by atoms with Crippen molar-refractivity contribution in [2.24, 2.45) is 9.98 Å². The van der Waals surface area contributed by atoms with Crippen LogP contribution in [0.25, 0.3) is 69.7 Å². The van der Waals surface area contributed by atoms with Crippen LogP contribution in [0.3, 0.4) is 0 Å². The third kappa shape index (κ3) is 4.94. The van der Waals surface area contributed by atoms with Crippen molar-refractivity contribution in [1.29, 1.82) is 0 Å². The largest absolute Gasteiger partial charge is 0.456 e. The van der Waals surface area contributed by atoms with E-state index >= 15 is 0 Å². The van der Waals surface area contributed by atoms with Crippen LogP contribution in [0, 0.1) is 0 Å². The maximum atomic E-state index is 6.30. The Kier molecular flexibility index (Phi) is 7.03. The molecule has 9 aromatic rings. The second-order valence-corrected chi connectivity index (χ2v) is 14.3. The van der Waals surface area contributed by atoms with Crippen LogP contribution in [0.1, 0.15) is 36.5 Å². The highest BCUT2D eigenvalue weighted by Gasteiger charge is 2.21. The highest BCUT2D eigenvalue weighted by Crippen LogP contribution is 2.42. The Morgan fingerprint density at radius 1 is 0.490 bits per heavy atom. The summed E-state index contributed by atoms with van der Waals surface area (Å²) in [5, 5.41) is 7.10. The molecule has 0 unspecified atom stereocenters. The van der Waals surface area contributed by atoms with Crippen LogP contribution in [0.15, 0.2) is 172 Å².